The minimum Gasteiger partial charge on any atom is -0.436 e. The van der Waals surface area contributed by atoms with Crippen molar-refractivity contribution >= 4 is 34.9 Å². The van der Waals surface area contributed by atoms with E-state index in [0.29, 0.717) is 61.9 Å². The normalized spacial score (nSPS) is 27.1. The maximum absolute atomic E-state index is 12.5. The van der Waals surface area contributed by atoms with Gasteiger partial charge in [-0.15, -0.1) is 0 Å². The Bertz CT molecular complexity index is 1280. The van der Waals surface area contributed by atoms with Gasteiger partial charge < -0.3 is 40.5 Å². The molecule has 3 fully saturated rings. The lowest BCUT2D eigenvalue weighted by molar-refractivity contribution is -0.137. The Kier molecular flexibility index (Phi) is 8.56. The van der Waals surface area contributed by atoms with Gasteiger partial charge in [0.1, 0.15) is 23.5 Å². The SMILES string of the molecule is CCNC(=O)[C@H]1O[C@@H](n2cnc3c(N)nc(CCCC4CCN(C(=O)OC5CCN(C)C5=O)CC4)nc32)C(O)[C@H]1O. The summed E-state index contributed by atoms with van der Waals surface area (Å²) in [4.78, 5) is 53.3. The van der Waals surface area contributed by atoms with Crippen molar-refractivity contribution in [3.05, 3.63) is 12.2 Å². The summed E-state index contributed by atoms with van der Waals surface area (Å²) in [5, 5.41) is 23.6. The van der Waals surface area contributed by atoms with Gasteiger partial charge >= 0.3 is 6.09 Å². The molecular formula is C26H38N8O7. The number of rotatable bonds is 8. The molecule has 0 spiro atoms. The van der Waals surface area contributed by atoms with Crippen molar-refractivity contribution in [1.29, 1.82) is 0 Å². The van der Waals surface area contributed by atoms with Crippen LogP contribution in [0.2, 0.25) is 0 Å². The average Bonchev–Trinajstić information content (AvgIpc) is 3.61. The molecular weight excluding hydrogens is 536 g/mol. The van der Waals surface area contributed by atoms with Gasteiger partial charge in [-0.2, -0.15) is 0 Å². The highest BCUT2D eigenvalue weighted by Gasteiger charge is 2.47. The summed E-state index contributed by atoms with van der Waals surface area (Å²) >= 11 is 0. The van der Waals surface area contributed by atoms with Gasteiger partial charge in [-0.3, -0.25) is 14.2 Å². The predicted octanol–water partition coefficient (Wildman–Crippen LogP) is -0.434. The third-order valence-corrected chi connectivity index (χ3v) is 8.12. The summed E-state index contributed by atoms with van der Waals surface area (Å²) in [7, 11) is 1.71. The molecule has 0 aromatic carbocycles. The van der Waals surface area contributed by atoms with Crippen LogP contribution in [0.4, 0.5) is 10.6 Å². The van der Waals surface area contributed by atoms with Crippen LogP contribution in [0.5, 0.6) is 0 Å². The molecule has 5 rings (SSSR count). The molecule has 224 valence electrons. The Morgan fingerprint density at radius 1 is 1.17 bits per heavy atom. The van der Waals surface area contributed by atoms with Crippen LogP contribution in [0.15, 0.2) is 6.33 Å². The number of ether oxygens (including phenoxy) is 2. The Labute approximate surface area is 237 Å². The number of aliphatic hydroxyl groups is 2. The van der Waals surface area contributed by atoms with Gasteiger partial charge in [0, 0.05) is 46.1 Å². The number of hydrogen-bond acceptors (Lipinski definition) is 11. The summed E-state index contributed by atoms with van der Waals surface area (Å²) in [5.41, 5.74) is 6.85. The van der Waals surface area contributed by atoms with Crippen molar-refractivity contribution in [2.75, 3.05) is 39.0 Å². The predicted molar refractivity (Wildman–Crippen MR) is 144 cm³/mol. The number of anilines is 1. The number of likely N-dealkylation sites (N-methyl/N-ethyl adjacent to an activating group) is 2. The lowest BCUT2D eigenvalue weighted by Crippen LogP contribution is -2.42. The summed E-state index contributed by atoms with van der Waals surface area (Å²) in [5.74, 6) is 0.471. The Morgan fingerprint density at radius 3 is 2.61 bits per heavy atom. The number of carbonyl (C=O) groups excluding carboxylic acids is 3. The van der Waals surface area contributed by atoms with E-state index >= 15 is 0 Å². The zero-order chi connectivity index (χ0) is 29.3. The van der Waals surface area contributed by atoms with E-state index in [2.05, 4.69) is 20.3 Å². The number of amides is 3. The van der Waals surface area contributed by atoms with E-state index < -0.39 is 42.6 Å². The van der Waals surface area contributed by atoms with Gasteiger partial charge in [0.15, 0.2) is 29.9 Å². The monoisotopic (exact) mass is 574 g/mol. The number of nitrogen functional groups attached to an aromatic ring is 1. The lowest BCUT2D eigenvalue weighted by Gasteiger charge is -2.31. The maximum Gasteiger partial charge on any atom is 0.410 e. The van der Waals surface area contributed by atoms with Crippen molar-refractivity contribution < 1.29 is 34.1 Å². The summed E-state index contributed by atoms with van der Waals surface area (Å²) < 4.78 is 12.6. The first-order chi connectivity index (χ1) is 19.7. The Morgan fingerprint density at radius 2 is 1.93 bits per heavy atom. The average molecular weight is 575 g/mol. The fraction of sp³-hybridized carbons (Fsp3) is 0.692. The second-order valence-corrected chi connectivity index (χ2v) is 10.9. The van der Waals surface area contributed by atoms with Gasteiger partial charge in [0.2, 0.25) is 0 Å². The van der Waals surface area contributed by atoms with Crippen LogP contribution >= 0.6 is 0 Å². The van der Waals surface area contributed by atoms with Crippen LogP contribution in [0.25, 0.3) is 11.2 Å². The lowest BCUT2D eigenvalue weighted by atomic mass is 9.91. The molecule has 41 heavy (non-hydrogen) atoms. The second-order valence-electron chi connectivity index (χ2n) is 10.9. The van der Waals surface area contributed by atoms with Crippen LogP contribution in [0, 0.1) is 5.92 Å². The van der Waals surface area contributed by atoms with E-state index in [4.69, 9.17) is 15.2 Å². The number of imidazole rings is 1. The van der Waals surface area contributed by atoms with E-state index in [0.717, 1.165) is 25.7 Å². The van der Waals surface area contributed by atoms with Crippen molar-refractivity contribution in [2.24, 2.45) is 5.92 Å². The molecule has 2 aromatic rings. The number of aliphatic hydroxyl groups excluding tert-OH is 2. The molecule has 2 unspecified atom stereocenters. The van der Waals surface area contributed by atoms with Gasteiger partial charge in [0.05, 0.1) is 6.33 Å². The highest BCUT2D eigenvalue weighted by atomic mass is 16.6. The first kappa shape index (κ1) is 29.0. The molecule has 0 radical (unpaired) electrons. The molecule has 5 N–H and O–H groups in total. The number of nitrogens with two attached hydrogens (primary N) is 1. The fourth-order valence-corrected chi connectivity index (χ4v) is 5.71. The topological polar surface area (TPSA) is 198 Å². The third kappa shape index (κ3) is 5.92. The molecule has 3 aliphatic heterocycles. The number of piperidine rings is 1. The molecule has 3 amide bonds. The molecule has 15 heteroatoms. The summed E-state index contributed by atoms with van der Waals surface area (Å²) in [6.07, 6.45) is -0.298. The van der Waals surface area contributed by atoms with Crippen molar-refractivity contribution in [3.8, 4) is 0 Å². The smallest absolute Gasteiger partial charge is 0.410 e. The number of aromatic nitrogens is 4. The highest BCUT2D eigenvalue weighted by Crippen LogP contribution is 2.32. The number of nitrogens with zero attached hydrogens (tertiary/aromatic N) is 6. The van der Waals surface area contributed by atoms with Crippen LogP contribution in [0.3, 0.4) is 0 Å². The standard InChI is InChI=1S/C26H38N8O7/c1-3-28-23(37)20-18(35)19(36)25(41-20)34-13-29-17-21(27)30-16(31-22(17)34)6-4-5-14-7-11-33(12-8-14)26(39)40-15-9-10-32(2)24(15)38/h13-15,18-20,25,35-36H,3-12H2,1-2H3,(H,28,37)(H2,27,30,31)/t15?,18-,19?,20+,25-/m1/s1. The quantitative estimate of drug-likeness (QED) is 0.319. The van der Waals surface area contributed by atoms with Gasteiger partial charge in [-0.1, -0.05) is 0 Å². The van der Waals surface area contributed by atoms with E-state index in [9.17, 15) is 24.6 Å². The van der Waals surface area contributed by atoms with Gasteiger partial charge in [0.25, 0.3) is 11.8 Å². The van der Waals surface area contributed by atoms with Crippen LogP contribution in [-0.2, 0) is 25.5 Å². The highest BCUT2D eigenvalue weighted by molar-refractivity contribution is 5.85. The third-order valence-electron chi connectivity index (χ3n) is 8.12. The zero-order valence-corrected chi connectivity index (χ0v) is 23.3. The number of aryl methyl sites for hydroxylation is 1. The molecule has 5 atom stereocenters. The molecule has 5 heterocycles. The largest absolute Gasteiger partial charge is 0.436 e. The molecule has 0 saturated carbocycles. The van der Waals surface area contributed by atoms with Crippen LogP contribution in [0.1, 0.15) is 51.1 Å². The van der Waals surface area contributed by atoms with Crippen LogP contribution < -0.4 is 11.1 Å². The molecule has 0 aliphatic carbocycles. The minimum atomic E-state index is -1.41. The number of fused-ring (bicyclic) bond motifs is 1. The first-order valence-corrected chi connectivity index (χ1v) is 14.2. The maximum atomic E-state index is 12.5. The molecule has 2 aromatic heterocycles. The van der Waals surface area contributed by atoms with Crippen molar-refractivity contribution in [3.63, 3.8) is 0 Å². The Hall–Kier alpha value is -3.56. The number of likely N-dealkylation sites (tertiary alicyclic amines) is 2. The molecule has 3 aliphatic rings. The summed E-state index contributed by atoms with van der Waals surface area (Å²) in [6, 6.07) is 0. The van der Waals surface area contributed by atoms with Crippen molar-refractivity contribution in [2.45, 2.75) is 76.1 Å². The number of carbonyl (C=O) groups is 3. The van der Waals surface area contributed by atoms with E-state index in [1.54, 1.807) is 23.8 Å². The van der Waals surface area contributed by atoms with Crippen LogP contribution in [-0.4, -0.2) is 115 Å². The van der Waals surface area contributed by atoms with E-state index in [1.807, 2.05) is 0 Å². The van der Waals surface area contributed by atoms with Gasteiger partial charge in [-0.05, 0) is 38.5 Å². The van der Waals surface area contributed by atoms with E-state index in [1.165, 1.54) is 10.9 Å². The molecule has 0 bridgehead atoms. The Balaban J connectivity index is 1.15. The molecule has 15 nitrogen and oxygen atoms in total. The number of hydrogen-bond donors (Lipinski definition) is 4. The van der Waals surface area contributed by atoms with E-state index in [-0.39, 0.29) is 11.7 Å². The van der Waals surface area contributed by atoms with Crippen molar-refractivity contribution in [1.82, 2.24) is 34.6 Å². The van der Waals surface area contributed by atoms with Gasteiger partial charge in [-0.25, -0.2) is 19.7 Å². The molecule has 3 saturated heterocycles. The first-order valence-electron chi connectivity index (χ1n) is 14.2. The fourth-order valence-electron chi connectivity index (χ4n) is 5.71. The number of nitrogens with one attached hydrogen (secondary N) is 1. The zero-order valence-electron chi connectivity index (χ0n) is 23.3. The minimum absolute atomic E-state index is 0.148. The second kappa shape index (κ2) is 12.1. The summed E-state index contributed by atoms with van der Waals surface area (Å²) in [6.45, 7) is 3.88.